The van der Waals surface area contributed by atoms with Crippen molar-refractivity contribution in [2.45, 2.75) is 128 Å². The van der Waals surface area contributed by atoms with Gasteiger partial charge in [0, 0.05) is 56.4 Å². The van der Waals surface area contributed by atoms with Gasteiger partial charge in [0.1, 0.15) is 0 Å². The summed E-state index contributed by atoms with van der Waals surface area (Å²) in [5.41, 5.74) is 0. The molecule has 16 heteroatoms. The van der Waals surface area contributed by atoms with Crippen LogP contribution in [0.1, 0.15) is 128 Å². The number of amides is 3. The first-order chi connectivity index (χ1) is 30.6. The number of carbonyl (C=O) groups is 3. The molecule has 1 aliphatic rings. The van der Waals surface area contributed by atoms with Gasteiger partial charge in [-0.3, -0.25) is 19.3 Å². The van der Waals surface area contributed by atoms with E-state index in [-0.39, 0.29) is 37.3 Å². The van der Waals surface area contributed by atoms with Crippen molar-refractivity contribution >= 4 is 39.3 Å². The van der Waals surface area contributed by atoms with Crippen LogP contribution in [0.4, 0.5) is 0 Å². The Balaban J connectivity index is 1.62. The molecule has 0 radical (unpaired) electrons. The fourth-order valence-corrected chi connectivity index (χ4v) is 8.61. The number of nitrogens with one attached hydrogen (secondary N) is 1. The standard InChI is InChI=1S/C46H86N2O12S2/c49-25-29-56-33-37-57-34-30-53-26-15-11-7-3-1-5-9-13-17-42-61-62-43-18-14-10-6-2-4-8-12-16-27-54-31-35-58-38-40-60-41-39-59-36-32-55-28-23-47-44(50)20-19-24-48-45(51)21-22-46(48)52/h21-22,49H,1-20,23-43H2,(H,47,50). The monoisotopic (exact) mass is 923 g/mol. The number of hydrogen-bond acceptors (Lipinski definition) is 14. The number of imide groups is 1. The Morgan fingerprint density at radius 1 is 0.435 bits per heavy atom. The van der Waals surface area contributed by atoms with Crippen LogP contribution in [0.25, 0.3) is 0 Å². The highest BCUT2D eigenvalue weighted by Gasteiger charge is 2.22. The van der Waals surface area contributed by atoms with Crippen LogP contribution in [0.3, 0.4) is 0 Å². The second-order valence-corrected chi connectivity index (χ2v) is 17.9. The summed E-state index contributed by atoms with van der Waals surface area (Å²) in [5, 5.41) is 11.4. The van der Waals surface area contributed by atoms with Crippen molar-refractivity contribution in [3.05, 3.63) is 12.2 Å². The number of aliphatic hydroxyl groups excluding tert-OH is 1. The average molecular weight is 923 g/mol. The van der Waals surface area contributed by atoms with Gasteiger partial charge in [0.15, 0.2) is 0 Å². The number of nitrogens with zero attached hydrogens (tertiary/aromatic N) is 1. The molecule has 1 rings (SSSR count). The van der Waals surface area contributed by atoms with Gasteiger partial charge < -0.3 is 48.3 Å². The van der Waals surface area contributed by atoms with E-state index < -0.39 is 0 Å². The molecule has 0 aromatic heterocycles. The van der Waals surface area contributed by atoms with Gasteiger partial charge in [-0.15, -0.1) is 0 Å². The van der Waals surface area contributed by atoms with E-state index in [0.29, 0.717) is 105 Å². The number of aliphatic hydroxyl groups is 1. The molecule has 0 bridgehead atoms. The van der Waals surface area contributed by atoms with E-state index in [0.717, 1.165) is 31.0 Å². The van der Waals surface area contributed by atoms with Crippen LogP contribution in [0.5, 0.6) is 0 Å². The summed E-state index contributed by atoms with van der Waals surface area (Å²) in [6.45, 7) is 9.51. The third-order valence-corrected chi connectivity index (χ3v) is 12.4. The molecule has 0 aliphatic carbocycles. The van der Waals surface area contributed by atoms with Gasteiger partial charge in [0.25, 0.3) is 11.8 Å². The van der Waals surface area contributed by atoms with Gasteiger partial charge in [-0.2, -0.15) is 0 Å². The molecule has 0 unspecified atom stereocenters. The second-order valence-electron chi connectivity index (χ2n) is 15.2. The van der Waals surface area contributed by atoms with E-state index >= 15 is 0 Å². The zero-order chi connectivity index (χ0) is 44.5. The van der Waals surface area contributed by atoms with E-state index in [1.165, 1.54) is 126 Å². The Labute approximate surface area is 383 Å². The Morgan fingerprint density at radius 2 is 0.758 bits per heavy atom. The average Bonchev–Trinajstić information content (AvgIpc) is 3.59. The van der Waals surface area contributed by atoms with Crippen molar-refractivity contribution < 1.29 is 57.4 Å². The number of rotatable bonds is 52. The quantitative estimate of drug-likeness (QED) is 0.0355. The van der Waals surface area contributed by atoms with E-state index in [4.69, 9.17) is 43.0 Å². The van der Waals surface area contributed by atoms with E-state index in [1.54, 1.807) is 0 Å². The maximum atomic E-state index is 11.9. The van der Waals surface area contributed by atoms with Crippen molar-refractivity contribution in [2.75, 3.05) is 137 Å². The third kappa shape index (κ3) is 42.6. The Kier molecular flexibility index (Phi) is 46.5. The molecule has 62 heavy (non-hydrogen) atoms. The Bertz CT molecular complexity index is 1010. The lowest BCUT2D eigenvalue weighted by molar-refractivity contribution is -0.137. The molecular formula is C46H86N2O12S2. The second kappa shape index (κ2) is 49.1. The lowest BCUT2D eigenvalue weighted by atomic mass is 10.1. The highest BCUT2D eigenvalue weighted by atomic mass is 33.1. The van der Waals surface area contributed by atoms with E-state index in [2.05, 4.69) is 26.9 Å². The van der Waals surface area contributed by atoms with Gasteiger partial charge in [0.2, 0.25) is 5.91 Å². The van der Waals surface area contributed by atoms with E-state index in [1.807, 2.05) is 0 Å². The van der Waals surface area contributed by atoms with Gasteiger partial charge in [-0.25, -0.2) is 0 Å². The summed E-state index contributed by atoms with van der Waals surface area (Å²) in [6.07, 6.45) is 26.9. The van der Waals surface area contributed by atoms with Crippen LogP contribution in [-0.4, -0.2) is 165 Å². The van der Waals surface area contributed by atoms with Crippen LogP contribution in [0, 0.1) is 0 Å². The van der Waals surface area contributed by atoms with Crippen molar-refractivity contribution in [2.24, 2.45) is 0 Å². The largest absolute Gasteiger partial charge is 0.394 e. The fourth-order valence-electron chi connectivity index (χ4n) is 6.31. The molecule has 0 fully saturated rings. The molecule has 0 saturated heterocycles. The summed E-state index contributed by atoms with van der Waals surface area (Å²) in [5.74, 6) is 1.80. The lowest BCUT2D eigenvalue weighted by Gasteiger charge is -2.13. The first-order valence-electron chi connectivity index (χ1n) is 23.9. The summed E-state index contributed by atoms with van der Waals surface area (Å²) in [4.78, 5) is 36.0. The first-order valence-corrected chi connectivity index (χ1v) is 26.4. The molecule has 0 saturated carbocycles. The molecule has 0 aromatic carbocycles. The normalized spacial score (nSPS) is 12.7. The summed E-state index contributed by atoms with van der Waals surface area (Å²) in [7, 11) is 4.15. The number of unbranched alkanes of at least 4 members (excludes halogenated alkanes) is 16. The maximum absolute atomic E-state index is 11.9. The molecule has 14 nitrogen and oxygen atoms in total. The number of carbonyl (C=O) groups excluding carboxylic acids is 3. The minimum Gasteiger partial charge on any atom is -0.394 e. The SMILES string of the molecule is O=C(CCCN1C(=O)C=CC1=O)NCCOCCOCCOCCOCCOCCCCCCCCCCCSSCCCCCCCCCCCOCCOCCOCCO. The minimum atomic E-state index is -0.328. The fraction of sp³-hybridized carbons (Fsp3) is 0.891. The highest BCUT2D eigenvalue weighted by molar-refractivity contribution is 8.76. The first kappa shape index (κ1) is 58.7. The van der Waals surface area contributed by atoms with Crippen molar-refractivity contribution in [3.63, 3.8) is 0 Å². The molecule has 2 N–H and O–H groups in total. The van der Waals surface area contributed by atoms with Crippen LogP contribution in [0.2, 0.25) is 0 Å². The third-order valence-electron chi connectivity index (χ3n) is 9.84. The van der Waals surface area contributed by atoms with Crippen LogP contribution in [0.15, 0.2) is 12.2 Å². The molecule has 0 spiro atoms. The molecule has 0 aromatic rings. The van der Waals surface area contributed by atoms with Crippen LogP contribution in [-0.2, 0) is 52.3 Å². The molecule has 1 heterocycles. The van der Waals surface area contributed by atoms with Gasteiger partial charge in [-0.1, -0.05) is 111 Å². The van der Waals surface area contributed by atoms with Gasteiger partial charge >= 0.3 is 0 Å². The van der Waals surface area contributed by atoms with Crippen LogP contribution < -0.4 is 5.32 Å². The molecule has 1 aliphatic heterocycles. The maximum Gasteiger partial charge on any atom is 0.253 e. The molecular weight excluding hydrogens is 837 g/mol. The zero-order valence-corrected chi connectivity index (χ0v) is 40.0. The summed E-state index contributed by atoms with van der Waals surface area (Å²) >= 11 is 0. The predicted octanol–water partition coefficient (Wildman–Crippen LogP) is 7.34. The number of ether oxygens (including phenoxy) is 8. The topological polar surface area (TPSA) is 161 Å². The Hall–Kier alpha value is -1.31. The van der Waals surface area contributed by atoms with Crippen LogP contribution >= 0.6 is 21.6 Å². The molecule has 364 valence electrons. The van der Waals surface area contributed by atoms with Crippen molar-refractivity contribution in [3.8, 4) is 0 Å². The van der Waals surface area contributed by atoms with Gasteiger partial charge in [-0.05, 0) is 32.1 Å². The lowest BCUT2D eigenvalue weighted by Crippen LogP contribution is -2.32. The Morgan fingerprint density at radius 3 is 1.15 bits per heavy atom. The van der Waals surface area contributed by atoms with Crippen molar-refractivity contribution in [1.82, 2.24) is 10.2 Å². The summed E-state index contributed by atoms with van der Waals surface area (Å²) in [6, 6.07) is 0. The number of hydrogen-bond donors (Lipinski definition) is 2. The van der Waals surface area contributed by atoms with Gasteiger partial charge in [0.05, 0.1) is 99.1 Å². The minimum absolute atomic E-state index is 0.0579. The predicted molar refractivity (Wildman–Crippen MR) is 250 cm³/mol. The van der Waals surface area contributed by atoms with E-state index in [9.17, 15) is 14.4 Å². The summed E-state index contributed by atoms with van der Waals surface area (Å²) < 4.78 is 43.9. The zero-order valence-electron chi connectivity index (χ0n) is 38.3. The highest BCUT2D eigenvalue weighted by Crippen LogP contribution is 2.25. The van der Waals surface area contributed by atoms with Crippen molar-refractivity contribution in [1.29, 1.82) is 0 Å². The molecule has 0 atom stereocenters. The molecule has 3 amide bonds. The smallest absolute Gasteiger partial charge is 0.253 e.